The lowest BCUT2D eigenvalue weighted by Gasteiger charge is -2.18. The number of anilines is 1. The van der Waals surface area contributed by atoms with Crippen molar-refractivity contribution in [2.24, 2.45) is 0 Å². The van der Waals surface area contributed by atoms with Gasteiger partial charge < -0.3 is 14.8 Å². The number of allylic oxidation sites excluding steroid dienone is 1. The van der Waals surface area contributed by atoms with E-state index < -0.39 is 12.1 Å². The molecule has 4 aromatic rings. The fraction of sp³-hybridized carbons (Fsp3) is 0.241. The molecule has 2 aromatic heterocycles. The van der Waals surface area contributed by atoms with Gasteiger partial charge in [-0.05, 0) is 55.7 Å². The Balaban J connectivity index is 1.48. The first-order chi connectivity index (χ1) is 19.2. The number of thioether (sulfide) groups is 1. The number of amides is 1. The van der Waals surface area contributed by atoms with Crippen LogP contribution in [-0.2, 0) is 16.1 Å². The van der Waals surface area contributed by atoms with Crippen LogP contribution in [0, 0.1) is 19.7 Å². The lowest BCUT2D eigenvalue weighted by molar-refractivity contribution is -0.113. The van der Waals surface area contributed by atoms with Crippen LogP contribution in [0.5, 0.6) is 5.75 Å². The van der Waals surface area contributed by atoms with Gasteiger partial charge in [0.25, 0.3) is 0 Å². The predicted octanol–water partition coefficient (Wildman–Crippen LogP) is 6.61. The minimum atomic E-state index is -0.600. The van der Waals surface area contributed by atoms with Gasteiger partial charge in [-0.15, -0.1) is 28.1 Å². The van der Waals surface area contributed by atoms with Crippen molar-refractivity contribution in [1.82, 2.24) is 14.8 Å². The van der Waals surface area contributed by atoms with Gasteiger partial charge in [-0.3, -0.25) is 9.36 Å². The van der Waals surface area contributed by atoms with Crippen LogP contribution < -0.4 is 10.1 Å². The van der Waals surface area contributed by atoms with Crippen LogP contribution in [0.25, 0.3) is 11.1 Å². The van der Waals surface area contributed by atoms with Crippen LogP contribution in [0.2, 0.25) is 0 Å². The highest BCUT2D eigenvalue weighted by molar-refractivity contribution is 7.99. The zero-order valence-corrected chi connectivity index (χ0v) is 24.2. The van der Waals surface area contributed by atoms with Crippen molar-refractivity contribution in [3.05, 3.63) is 88.8 Å². The Morgan fingerprint density at radius 2 is 1.95 bits per heavy atom. The van der Waals surface area contributed by atoms with E-state index in [4.69, 9.17) is 9.47 Å². The molecule has 2 aromatic carbocycles. The van der Waals surface area contributed by atoms with Crippen molar-refractivity contribution in [3.8, 4) is 16.9 Å². The second-order valence-corrected chi connectivity index (χ2v) is 10.7. The first-order valence-corrected chi connectivity index (χ1v) is 14.2. The summed E-state index contributed by atoms with van der Waals surface area (Å²) >= 11 is 2.40. The Morgan fingerprint density at radius 1 is 1.20 bits per heavy atom. The Hall–Kier alpha value is -3.96. The highest BCUT2D eigenvalue weighted by atomic mass is 32.2. The standard InChI is InChI=1S/C29H29FN4O4S2/c1-6-14-34-26(19(4)38-23-9-7-8-17(2)18(23)3)32-33-29(34)40-16-24(35)31-27-25(28(36)37-5)22(15-39-27)20-10-12-21(30)13-11-20/h6-13,15,19H,1,14,16H2,2-5H3,(H,31,35). The summed E-state index contributed by atoms with van der Waals surface area (Å²) in [6.45, 7) is 10.2. The van der Waals surface area contributed by atoms with Crippen molar-refractivity contribution in [2.75, 3.05) is 18.2 Å². The maximum atomic E-state index is 13.4. The number of aryl methyl sites for hydroxylation is 1. The van der Waals surface area contributed by atoms with Gasteiger partial charge in [0.2, 0.25) is 5.91 Å². The van der Waals surface area contributed by atoms with Crippen molar-refractivity contribution in [2.45, 2.75) is 38.6 Å². The first kappa shape index (κ1) is 29.0. The molecule has 0 radical (unpaired) electrons. The molecular formula is C29H29FN4O4S2. The quantitative estimate of drug-likeness (QED) is 0.121. The molecule has 11 heteroatoms. The van der Waals surface area contributed by atoms with E-state index in [1.807, 2.05) is 43.5 Å². The Labute approximate surface area is 240 Å². The zero-order chi connectivity index (χ0) is 28.8. The van der Waals surface area contributed by atoms with Crippen molar-refractivity contribution in [1.29, 1.82) is 0 Å². The second kappa shape index (κ2) is 12.9. The van der Waals surface area contributed by atoms with Gasteiger partial charge in [-0.1, -0.05) is 42.1 Å². The van der Waals surface area contributed by atoms with E-state index in [9.17, 15) is 14.0 Å². The summed E-state index contributed by atoms with van der Waals surface area (Å²) in [5.41, 5.74) is 3.58. The SMILES string of the molecule is C=CCn1c(SCC(=O)Nc2scc(-c3ccc(F)cc3)c2C(=O)OC)nnc1C(C)Oc1cccc(C)c1C. The number of nitrogens with one attached hydrogen (secondary N) is 1. The lowest BCUT2D eigenvalue weighted by atomic mass is 10.0. The van der Waals surface area contributed by atoms with E-state index in [-0.39, 0.29) is 23.0 Å². The number of aromatic nitrogens is 3. The minimum absolute atomic E-state index is 0.0197. The minimum Gasteiger partial charge on any atom is -0.482 e. The van der Waals surface area contributed by atoms with E-state index in [1.54, 1.807) is 23.6 Å². The number of hydrogen-bond acceptors (Lipinski definition) is 8. The number of nitrogens with zero attached hydrogens (tertiary/aromatic N) is 3. The summed E-state index contributed by atoms with van der Waals surface area (Å²) in [7, 11) is 1.27. The van der Waals surface area contributed by atoms with Gasteiger partial charge in [0.15, 0.2) is 17.1 Å². The van der Waals surface area contributed by atoms with Crippen LogP contribution in [0.3, 0.4) is 0 Å². The summed E-state index contributed by atoms with van der Waals surface area (Å²) in [5, 5.41) is 14.0. The molecule has 1 unspecified atom stereocenters. The Kier molecular flexibility index (Phi) is 9.38. The maximum Gasteiger partial charge on any atom is 0.341 e. The molecule has 208 valence electrons. The number of methoxy groups -OCH3 is 1. The van der Waals surface area contributed by atoms with Crippen LogP contribution >= 0.6 is 23.1 Å². The monoisotopic (exact) mass is 580 g/mol. The Bertz CT molecular complexity index is 1530. The maximum absolute atomic E-state index is 13.4. The van der Waals surface area contributed by atoms with Gasteiger partial charge in [-0.25, -0.2) is 9.18 Å². The summed E-state index contributed by atoms with van der Waals surface area (Å²) in [4.78, 5) is 25.5. The normalized spacial score (nSPS) is 11.6. The molecule has 1 atom stereocenters. The van der Waals surface area contributed by atoms with Crippen molar-refractivity contribution < 1.29 is 23.5 Å². The number of esters is 1. The largest absolute Gasteiger partial charge is 0.482 e. The predicted molar refractivity (Wildman–Crippen MR) is 156 cm³/mol. The van der Waals surface area contributed by atoms with Gasteiger partial charge in [-0.2, -0.15) is 0 Å². The van der Waals surface area contributed by atoms with E-state index in [0.29, 0.717) is 33.7 Å². The number of ether oxygens (including phenoxy) is 2. The topological polar surface area (TPSA) is 95.3 Å². The average Bonchev–Trinajstić information content (AvgIpc) is 3.54. The fourth-order valence-corrected chi connectivity index (χ4v) is 5.72. The molecule has 0 bridgehead atoms. The Morgan fingerprint density at radius 3 is 2.65 bits per heavy atom. The van der Waals surface area contributed by atoms with Crippen molar-refractivity contribution >= 4 is 40.0 Å². The van der Waals surface area contributed by atoms with E-state index in [2.05, 4.69) is 22.1 Å². The molecule has 1 N–H and O–H groups in total. The van der Waals surface area contributed by atoms with Crippen LogP contribution in [0.15, 0.2) is 65.7 Å². The molecule has 0 saturated heterocycles. The smallest absolute Gasteiger partial charge is 0.341 e. The van der Waals surface area contributed by atoms with Gasteiger partial charge in [0.1, 0.15) is 22.1 Å². The third-order valence-electron chi connectivity index (χ3n) is 6.20. The van der Waals surface area contributed by atoms with Gasteiger partial charge in [0, 0.05) is 17.5 Å². The van der Waals surface area contributed by atoms with E-state index >= 15 is 0 Å². The molecule has 0 aliphatic heterocycles. The molecule has 0 fully saturated rings. The molecular weight excluding hydrogens is 551 g/mol. The second-order valence-electron chi connectivity index (χ2n) is 8.89. The van der Waals surface area contributed by atoms with Crippen LogP contribution in [0.4, 0.5) is 9.39 Å². The molecule has 40 heavy (non-hydrogen) atoms. The first-order valence-electron chi connectivity index (χ1n) is 12.4. The number of carbonyl (C=O) groups excluding carboxylic acids is 2. The average molecular weight is 581 g/mol. The number of thiophene rings is 1. The highest BCUT2D eigenvalue weighted by Gasteiger charge is 2.24. The number of halogens is 1. The molecule has 0 saturated carbocycles. The summed E-state index contributed by atoms with van der Waals surface area (Å²) < 4.78 is 26.4. The molecule has 0 aliphatic rings. The number of rotatable bonds is 11. The third-order valence-corrected chi connectivity index (χ3v) is 8.06. The molecule has 0 spiro atoms. The van der Waals surface area contributed by atoms with Gasteiger partial charge in [0.05, 0.1) is 12.9 Å². The highest BCUT2D eigenvalue weighted by Crippen LogP contribution is 2.36. The van der Waals surface area contributed by atoms with E-state index in [1.165, 1.54) is 42.3 Å². The van der Waals surface area contributed by atoms with Crippen LogP contribution in [0.1, 0.15) is 40.3 Å². The van der Waals surface area contributed by atoms with E-state index in [0.717, 1.165) is 16.9 Å². The molecule has 8 nitrogen and oxygen atoms in total. The summed E-state index contributed by atoms with van der Waals surface area (Å²) in [5.74, 6) is 0.0772. The van der Waals surface area contributed by atoms with Crippen LogP contribution in [-0.4, -0.2) is 39.5 Å². The number of carbonyl (C=O) groups is 2. The summed E-state index contributed by atoms with van der Waals surface area (Å²) in [6.07, 6.45) is 1.34. The number of benzene rings is 2. The molecule has 1 amide bonds. The third kappa shape index (κ3) is 6.43. The number of hydrogen-bond donors (Lipinski definition) is 1. The lowest BCUT2D eigenvalue weighted by Crippen LogP contribution is -2.17. The zero-order valence-electron chi connectivity index (χ0n) is 22.6. The summed E-state index contributed by atoms with van der Waals surface area (Å²) in [6, 6.07) is 11.7. The van der Waals surface area contributed by atoms with Gasteiger partial charge >= 0.3 is 5.97 Å². The molecule has 2 heterocycles. The fourth-order valence-electron chi connectivity index (χ4n) is 3.99. The molecule has 0 aliphatic carbocycles. The molecule has 4 rings (SSSR count). The van der Waals surface area contributed by atoms with Crippen molar-refractivity contribution in [3.63, 3.8) is 0 Å².